The fourth-order valence-corrected chi connectivity index (χ4v) is 3.93. The summed E-state index contributed by atoms with van der Waals surface area (Å²) in [6.45, 7) is 0.262. The summed E-state index contributed by atoms with van der Waals surface area (Å²) in [5.74, 6) is -3.51. The van der Waals surface area contributed by atoms with Crippen molar-refractivity contribution >= 4 is 33.5 Å². The molecule has 0 saturated carbocycles. The van der Waals surface area contributed by atoms with Crippen LogP contribution in [0.5, 0.6) is 5.75 Å². The van der Waals surface area contributed by atoms with E-state index in [0.717, 1.165) is 17.7 Å². The van der Waals surface area contributed by atoms with Crippen molar-refractivity contribution in [3.63, 3.8) is 0 Å². The van der Waals surface area contributed by atoms with E-state index in [9.17, 15) is 27.7 Å². The molecule has 30 heavy (non-hydrogen) atoms. The highest BCUT2D eigenvalue weighted by Gasteiger charge is 2.32. The molecule has 7 N–H and O–H groups in total. The van der Waals surface area contributed by atoms with Gasteiger partial charge in [0.1, 0.15) is 10.6 Å². The van der Waals surface area contributed by atoms with Gasteiger partial charge in [-0.05, 0) is 24.1 Å². The molecule has 0 aromatic heterocycles. The first kappa shape index (κ1) is 23.6. The van der Waals surface area contributed by atoms with Gasteiger partial charge in [0.05, 0.1) is 6.04 Å². The Hall–Kier alpha value is -2.66. The van der Waals surface area contributed by atoms with Gasteiger partial charge in [-0.1, -0.05) is 41.9 Å². The van der Waals surface area contributed by atoms with Crippen LogP contribution in [0.2, 0.25) is 5.02 Å². The summed E-state index contributed by atoms with van der Waals surface area (Å²) in [6, 6.07) is 10.0. The number of nitrogens with two attached hydrogens (primary N) is 2. The molecule has 2 atom stereocenters. The molecular weight excluding hydrogens is 434 g/mol. The van der Waals surface area contributed by atoms with Crippen molar-refractivity contribution in [3.05, 3.63) is 58.6 Å². The highest BCUT2D eigenvalue weighted by Crippen LogP contribution is 2.37. The molecule has 1 unspecified atom stereocenters. The van der Waals surface area contributed by atoms with Crippen LogP contribution < -0.4 is 16.8 Å². The number of primary amides is 1. The van der Waals surface area contributed by atoms with E-state index >= 15 is 0 Å². The van der Waals surface area contributed by atoms with E-state index < -0.39 is 51.0 Å². The molecule has 2 amide bonds. The van der Waals surface area contributed by atoms with Crippen LogP contribution in [-0.2, 0) is 26.1 Å². The largest absolute Gasteiger partial charge is 0.506 e. The minimum Gasteiger partial charge on any atom is -0.506 e. The lowest BCUT2D eigenvalue weighted by atomic mass is 9.87. The number of phenolic OH excluding ortho intramolecular Hbond substituents is 1. The van der Waals surface area contributed by atoms with Crippen molar-refractivity contribution in [1.29, 1.82) is 0 Å². The third kappa shape index (κ3) is 6.17. The Kier molecular flexibility index (Phi) is 7.79. The average Bonchev–Trinajstić information content (AvgIpc) is 2.67. The van der Waals surface area contributed by atoms with Gasteiger partial charge in [-0.2, -0.15) is 8.42 Å². The molecule has 2 rings (SSSR count). The van der Waals surface area contributed by atoms with Gasteiger partial charge in [0.15, 0.2) is 0 Å². The standard InChI is InChI=1S/C19H22ClN3O6S/c20-12-8-14(18(25)15(9-12)30(27,28)29)13(10-16(21)24)17(22)19(26)23-7-6-11-4-2-1-3-5-11/h1-5,8-9,13,17,25H,6-7,10,22H2,(H2,21,24)(H,23,26)(H,27,28,29)/t13?,17-/m0/s1. The quantitative estimate of drug-likeness (QED) is 0.350. The van der Waals surface area contributed by atoms with Crippen LogP contribution in [0.4, 0.5) is 0 Å². The van der Waals surface area contributed by atoms with Crippen LogP contribution in [0.3, 0.4) is 0 Å². The number of hydrogen-bond acceptors (Lipinski definition) is 6. The van der Waals surface area contributed by atoms with E-state index in [1.807, 2.05) is 30.3 Å². The predicted molar refractivity (Wildman–Crippen MR) is 111 cm³/mol. The molecule has 0 spiro atoms. The van der Waals surface area contributed by atoms with Gasteiger partial charge >= 0.3 is 0 Å². The van der Waals surface area contributed by atoms with Crippen LogP contribution in [0.15, 0.2) is 47.4 Å². The first-order valence-electron chi connectivity index (χ1n) is 8.86. The van der Waals surface area contributed by atoms with E-state index in [2.05, 4.69) is 5.32 Å². The second-order valence-corrected chi connectivity index (χ2v) is 8.47. The van der Waals surface area contributed by atoms with E-state index in [1.54, 1.807) is 0 Å². The molecular formula is C19H22ClN3O6S. The van der Waals surface area contributed by atoms with Crippen LogP contribution in [0, 0.1) is 0 Å². The van der Waals surface area contributed by atoms with Gasteiger partial charge in [-0.15, -0.1) is 0 Å². The Morgan fingerprint density at radius 1 is 1.17 bits per heavy atom. The predicted octanol–water partition coefficient (Wildman–Crippen LogP) is 0.938. The molecule has 0 fully saturated rings. The van der Waals surface area contributed by atoms with Crippen molar-refractivity contribution in [3.8, 4) is 5.75 Å². The monoisotopic (exact) mass is 455 g/mol. The van der Waals surface area contributed by atoms with Gasteiger partial charge in [0.25, 0.3) is 10.1 Å². The number of rotatable bonds is 9. The van der Waals surface area contributed by atoms with Crippen molar-refractivity contribution in [1.82, 2.24) is 5.32 Å². The number of carbonyl (C=O) groups excluding carboxylic acids is 2. The first-order valence-corrected chi connectivity index (χ1v) is 10.7. The van der Waals surface area contributed by atoms with Gasteiger partial charge in [-0.3, -0.25) is 14.1 Å². The van der Waals surface area contributed by atoms with Crippen LogP contribution in [0.1, 0.15) is 23.5 Å². The maximum absolute atomic E-state index is 12.5. The summed E-state index contributed by atoms with van der Waals surface area (Å²) < 4.78 is 32.3. The fraction of sp³-hybridized carbons (Fsp3) is 0.263. The Balaban J connectivity index is 2.27. The van der Waals surface area contributed by atoms with Gasteiger partial charge in [-0.25, -0.2) is 0 Å². The summed E-state index contributed by atoms with van der Waals surface area (Å²) in [7, 11) is -4.82. The smallest absolute Gasteiger partial charge is 0.298 e. The zero-order chi connectivity index (χ0) is 22.5. The maximum Gasteiger partial charge on any atom is 0.298 e. The van der Waals surface area contributed by atoms with E-state index in [-0.39, 0.29) is 17.1 Å². The van der Waals surface area contributed by atoms with Gasteiger partial charge in [0, 0.05) is 29.5 Å². The van der Waals surface area contributed by atoms with Crippen molar-refractivity contribution in [2.24, 2.45) is 11.5 Å². The number of nitrogens with one attached hydrogen (secondary N) is 1. The van der Waals surface area contributed by atoms with Crippen molar-refractivity contribution in [2.75, 3.05) is 6.54 Å². The molecule has 11 heteroatoms. The fourth-order valence-electron chi connectivity index (χ4n) is 3.00. The average molecular weight is 456 g/mol. The van der Waals surface area contributed by atoms with Gasteiger partial charge < -0.3 is 21.9 Å². The lowest BCUT2D eigenvalue weighted by molar-refractivity contribution is -0.123. The zero-order valence-electron chi connectivity index (χ0n) is 15.8. The molecule has 0 heterocycles. The minimum atomic E-state index is -4.82. The maximum atomic E-state index is 12.5. The second-order valence-electron chi connectivity index (χ2n) is 6.65. The van der Waals surface area contributed by atoms with Crippen LogP contribution >= 0.6 is 11.6 Å². The molecule has 0 aliphatic carbocycles. The van der Waals surface area contributed by atoms with Crippen LogP contribution in [0.25, 0.3) is 0 Å². The summed E-state index contributed by atoms with van der Waals surface area (Å²) >= 11 is 5.90. The van der Waals surface area contributed by atoms with E-state index in [4.69, 9.17) is 23.1 Å². The third-order valence-corrected chi connectivity index (χ3v) is 5.54. The number of carbonyl (C=O) groups is 2. The topological polar surface area (TPSA) is 173 Å². The molecule has 0 bridgehead atoms. The van der Waals surface area contributed by atoms with Crippen LogP contribution in [-0.4, -0.2) is 42.5 Å². The van der Waals surface area contributed by atoms with E-state index in [1.165, 1.54) is 0 Å². The minimum absolute atomic E-state index is 0.151. The Morgan fingerprint density at radius 3 is 2.37 bits per heavy atom. The highest BCUT2D eigenvalue weighted by molar-refractivity contribution is 7.86. The lowest BCUT2D eigenvalue weighted by Gasteiger charge is -2.24. The Morgan fingerprint density at radius 2 is 1.80 bits per heavy atom. The number of phenols is 1. The number of amides is 2. The number of hydrogen-bond donors (Lipinski definition) is 5. The molecule has 0 radical (unpaired) electrons. The summed E-state index contributed by atoms with van der Waals surface area (Å²) in [5.41, 5.74) is 12.1. The molecule has 2 aromatic carbocycles. The highest BCUT2D eigenvalue weighted by atomic mass is 35.5. The number of halogens is 1. The Labute approximate surface area is 178 Å². The SMILES string of the molecule is NC(=O)CC(c1cc(Cl)cc(S(=O)(=O)O)c1O)[C@H](N)C(=O)NCCc1ccccc1. The second kappa shape index (κ2) is 9.90. The Bertz CT molecular complexity index is 1030. The van der Waals surface area contributed by atoms with E-state index in [0.29, 0.717) is 6.42 Å². The summed E-state index contributed by atoms with van der Waals surface area (Å²) in [6.07, 6.45) is 0.0706. The molecule has 2 aromatic rings. The first-order chi connectivity index (χ1) is 14.0. The summed E-state index contributed by atoms with van der Waals surface area (Å²) in [4.78, 5) is 23.2. The zero-order valence-corrected chi connectivity index (χ0v) is 17.4. The van der Waals surface area contributed by atoms with Gasteiger partial charge in [0.2, 0.25) is 11.8 Å². The molecule has 0 saturated heterocycles. The molecule has 9 nitrogen and oxygen atoms in total. The molecule has 0 aliphatic heterocycles. The molecule has 162 valence electrons. The number of benzene rings is 2. The normalized spacial score (nSPS) is 13.4. The lowest BCUT2D eigenvalue weighted by Crippen LogP contribution is -2.46. The third-order valence-electron chi connectivity index (χ3n) is 4.46. The van der Waals surface area contributed by atoms with Crippen molar-refractivity contribution in [2.45, 2.75) is 29.7 Å². The molecule has 0 aliphatic rings. The summed E-state index contributed by atoms with van der Waals surface area (Å²) in [5, 5.41) is 12.8. The number of aromatic hydroxyl groups is 1. The van der Waals surface area contributed by atoms with Crippen molar-refractivity contribution < 1.29 is 27.7 Å².